The molecule has 1 fully saturated rings. The molecule has 1 saturated heterocycles. The Labute approximate surface area is 204 Å². The Hall–Kier alpha value is -3.52. The van der Waals surface area contributed by atoms with Crippen molar-refractivity contribution in [2.45, 2.75) is 53.2 Å². The fourth-order valence-corrected chi connectivity index (χ4v) is 4.43. The van der Waals surface area contributed by atoms with Crippen LogP contribution in [0.1, 0.15) is 46.9 Å². The summed E-state index contributed by atoms with van der Waals surface area (Å²) in [5, 5.41) is 3.31. The minimum absolute atomic E-state index is 0.0301. The molecular weight excluding hydrogens is 444 g/mol. The fraction of sp³-hybridized carbons (Fsp3) is 0.407. The summed E-state index contributed by atoms with van der Waals surface area (Å²) in [5.41, 5.74) is 3.74. The normalized spacial score (nSPS) is 15.4. The Kier molecular flexibility index (Phi) is 7.31. The zero-order chi connectivity index (χ0) is 25.1. The van der Waals surface area contributed by atoms with Crippen LogP contribution in [0, 0.1) is 20.8 Å². The van der Waals surface area contributed by atoms with Gasteiger partial charge in [0.2, 0.25) is 11.3 Å². The molecule has 0 aliphatic carbocycles. The third-order valence-electron chi connectivity index (χ3n) is 6.58. The van der Waals surface area contributed by atoms with Crippen molar-refractivity contribution >= 4 is 28.5 Å². The Morgan fingerprint density at radius 1 is 1.20 bits per heavy atom. The number of aromatic nitrogens is 2. The van der Waals surface area contributed by atoms with Gasteiger partial charge >= 0.3 is 0 Å². The van der Waals surface area contributed by atoms with Crippen LogP contribution in [-0.4, -0.2) is 52.1 Å². The van der Waals surface area contributed by atoms with E-state index < -0.39 is 5.91 Å². The first kappa shape index (κ1) is 24.6. The number of carbonyl (C=O) groups excluding carboxylic acids is 2. The topological polar surface area (TPSA) is 93.5 Å². The number of fused-ring (bicyclic) bond motifs is 1. The lowest BCUT2D eigenvalue weighted by Gasteiger charge is -2.25. The van der Waals surface area contributed by atoms with Crippen LogP contribution in [0.25, 0.3) is 11.0 Å². The summed E-state index contributed by atoms with van der Waals surface area (Å²) < 4.78 is 7.55. The Morgan fingerprint density at radius 2 is 2.00 bits per heavy atom. The van der Waals surface area contributed by atoms with E-state index >= 15 is 0 Å². The molecule has 2 aromatic heterocycles. The molecule has 0 radical (unpaired) electrons. The number of hydrogen-bond donors (Lipinski definition) is 1. The molecule has 0 saturated carbocycles. The number of nitrogens with zero attached hydrogens (tertiary/aromatic N) is 3. The van der Waals surface area contributed by atoms with Crippen LogP contribution in [0.4, 0.5) is 5.69 Å². The second-order valence-corrected chi connectivity index (χ2v) is 9.10. The maximum Gasteiger partial charge on any atom is 0.259 e. The Balaban J connectivity index is 1.66. The van der Waals surface area contributed by atoms with Crippen molar-refractivity contribution in [2.24, 2.45) is 0 Å². The molecule has 8 heteroatoms. The van der Waals surface area contributed by atoms with E-state index in [0.29, 0.717) is 29.9 Å². The van der Waals surface area contributed by atoms with Gasteiger partial charge in [0.05, 0.1) is 11.5 Å². The number of amides is 2. The average Bonchev–Trinajstić information content (AvgIpc) is 3.34. The zero-order valence-electron chi connectivity index (χ0n) is 20.8. The zero-order valence-corrected chi connectivity index (χ0v) is 20.8. The van der Waals surface area contributed by atoms with Gasteiger partial charge in [0.15, 0.2) is 0 Å². The summed E-state index contributed by atoms with van der Waals surface area (Å²) in [6.07, 6.45) is 3.11. The molecule has 2 amide bonds. The molecule has 1 atom stereocenters. The quantitative estimate of drug-likeness (QED) is 0.562. The largest absolute Gasteiger partial charge is 0.376 e. The lowest BCUT2D eigenvalue weighted by molar-refractivity contribution is -0.117. The maximum atomic E-state index is 13.7. The van der Waals surface area contributed by atoms with Gasteiger partial charge in [-0.3, -0.25) is 14.4 Å². The maximum absolute atomic E-state index is 13.7. The molecule has 0 bridgehead atoms. The van der Waals surface area contributed by atoms with Crippen molar-refractivity contribution in [3.8, 4) is 0 Å². The molecule has 35 heavy (non-hydrogen) atoms. The summed E-state index contributed by atoms with van der Waals surface area (Å²) in [4.78, 5) is 46.0. The fourth-order valence-electron chi connectivity index (χ4n) is 4.43. The summed E-state index contributed by atoms with van der Waals surface area (Å²) >= 11 is 0. The summed E-state index contributed by atoms with van der Waals surface area (Å²) in [7, 11) is 0. The minimum atomic E-state index is -0.480. The van der Waals surface area contributed by atoms with Crippen molar-refractivity contribution in [3.63, 3.8) is 0 Å². The molecule has 1 unspecified atom stereocenters. The molecule has 1 aliphatic rings. The van der Waals surface area contributed by atoms with E-state index in [9.17, 15) is 14.4 Å². The van der Waals surface area contributed by atoms with Gasteiger partial charge < -0.3 is 19.5 Å². The Morgan fingerprint density at radius 3 is 2.71 bits per heavy atom. The van der Waals surface area contributed by atoms with Crippen LogP contribution < -0.4 is 10.7 Å². The first-order chi connectivity index (χ1) is 16.8. The minimum Gasteiger partial charge on any atom is -0.376 e. The van der Waals surface area contributed by atoms with Gasteiger partial charge in [-0.25, -0.2) is 4.98 Å². The molecular formula is C27H32N4O4. The first-order valence-corrected chi connectivity index (χ1v) is 12.1. The van der Waals surface area contributed by atoms with E-state index in [4.69, 9.17) is 4.74 Å². The predicted molar refractivity (Wildman–Crippen MR) is 136 cm³/mol. The van der Waals surface area contributed by atoms with Crippen molar-refractivity contribution in [3.05, 3.63) is 69.1 Å². The van der Waals surface area contributed by atoms with Crippen LogP contribution >= 0.6 is 0 Å². The number of anilines is 1. The molecule has 0 spiro atoms. The standard InChI is InChI=1S/C27H32N4O4/c1-5-30-15-22(25(33)21-12-11-18(3)28-26(21)30)27(34)31(14-20-9-7-13-35-20)16-24(32)29-23-10-6-8-17(2)19(23)4/h6,8,10-12,15,20H,5,7,9,13-14,16H2,1-4H3,(H,29,32). The van der Waals surface area contributed by atoms with Gasteiger partial charge in [0.1, 0.15) is 17.8 Å². The SMILES string of the molecule is CCn1cc(C(=O)N(CC(=O)Nc2cccc(C)c2C)CC2CCCO2)c(=O)c2ccc(C)nc21. The highest BCUT2D eigenvalue weighted by atomic mass is 16.5. The van der Waals surface area contributed by atoms with Crippen LogP contribution in [0.15, 0.2) is 41.3 Å². The smallest absolute Gasteiger partial charge is 0.259 e. The van der Waals surface area contributed by atoms with E-state index in [0.717, 1.165) is 29.7 Å². The van der Waals surface area contributed by atoms with E-state index in [2.05, 4.69) is 10.3 Å². The molecule has 1 aliphatic heterocycles. The monoisotopic (exact) mass is 476 g/mol. The summed E-state index contributed by atoms with van der Waals surface area (Å²) in [5.74, 6) is -0.801. The lowest BCUT2D eigenvalue weighted by Crippen LogP contribution is -2.44. The van der Waals surface area contributed by atoms with Gasteiger partial charge in [0, 0.05) is 37.3 Å². The molecule has 1 aromatic carbocycles. The van der Waals surface area contributed by atoms with Crippen LogP contribution in [0.3, 0.4) is 0 Å². The highest BCUT2D eigenvalue weighted by Crippen LogP contribution is 2.19. The van der Waals surface area contributed by atoms with Gasteiger partial charge in [-0.2, -0.15) is 0 Å². The number of aryl methyl sites for hydroxylation is 3. The van der Waals surface area contributed by atoms with Crippen LogP contribution in [0.5, 0.6) is 0 Å². The molecule has 3 heterocycles. The van der Waals surface area contributed by atoms with Crippen molar-refractivity contribution < 1.29 is 14.3 Å². The highest BCUT2D eigenvalue weighted by Gasteiger charge is 2.28. The van der Waals surface area contributed by atoms with Gasteiger partial charge in [-0.15, -0.1) is 0 Å². The molecule has 4 rings (SSSR count). The third-order valence-corrected chi connectivity index (χ3v) is 6.58. The number of hydrogen-bond acceptors (Lipinski definition) is 5. The van der Waals surface area contributed by atoms with E-state index in [1.165, 1.54) is 4.90 Å². The van der Waals surface area contributed by atoms with Crippen molar-refractivity contribution in [2.75, 3.05) is 25.0 Å². The number of pyridine rings is 2. The first-order valence-electron chi connectivity index (χ1n) is 12.1. The number of ether oxygens (including phenoxy) is 1. The van der Waals surface area contributed by atoms with E-state index in [1.54, 1.807) is 22.9 Å². The van der Waals surface area contributed by atoms with Crippen molar-refractivity contribution in [1.82, 2.24) is 14.5 Å². The number of benzene rings is 1. The number of rotatable bonds is 7. The van der Waals surface area contributed by atoms with Gasteiger partial charge in [-0.1, -0.05) is 12.1 Å². The predicted octanol–water partition coefficient (Wildman–Crippen LogP) is 3.60. The third kappa shape index (κ3) is 5.27. The second-order valence-electron chi connectivity index (χ2n) is 9.10. The van der Waals surface area contributed by atoms with Crippen LogP contribution in [-0.2, 0) is 16.1 Å². The number of nitrogens with one attached hydrogen (secondary N) is 1. The molecule has 184 valence electrons. The lowest BCUT2D eigenvalue weighted by atomic mass is 10.1. The molecule has 8 nitrogen and oxygen atoms in total. The average molecular weight is 477 g/mol. The highest BCUT2D eigenvalue weighted by molar-refractivity contribution is 6.01. The van der Waals surface area contributed by atoms with Crippen LogP contribution in [0.2, 0.25) is 0 Å². The Bertz CT molecular complexity index is 1320. The second kappa shape index (κ2) is 10.4. The molecule has 1 N–H and O–H groups in total. The number of carbonyl (C=O) groups is 2. The molecule has 3 aromatic rings. The van der Waals surface area contributed by atoms with E-state index in [1.807, 2.05) is 45.9 Å². The summed E-state index contributed by atoms with van der Waals surface area (Å²) in [6.45, 7) is 8.96. The van der Waals surface area contributed by atoms with Gasteiger partial charge in [0.25, 0.3) is 5.91 Å². The van der Waals surface area contributed by atoms with Crippen molar-refractivity contribution in [1.29, 1.82) is 0 Å². The van der Waals surface area contributed by atoms with E-state index in [-0.39, 0.29) is 36.1 Å². The summed E-state index contributed by atoms with van der Waals surface area (Å²) in [6, 6.07) is 9.17. The van der Waals surface area contributed by atoms with Gasteiger partial charge in [-0.05, 0) is 69.9 Å².